The van der Waals surface area contributed by atoms with Crippen molar-refractivity contribution in [3.05, 3.63) is 16.3 Å². The fourth-order valence-electron chi connectivity index (χ4n) is 1.78. The molecular weight excluding hydrogens is 314 g/mol. The van der Waals surface area contributed by atoms with E-state index in [1.54, 1.807) is 13.2 Å². The second kappa shape index (κ2) is 8.53. The zero-order valence-electron chi connectivity index (χ0n) is 10.9. The van der Waals surface area contributed by atoms with Crippen molar-refractivity contribution in [1.29, 1.82) is 0 Å². The van der Waals surface area contributed by atoms with Crippen molar-refractivity contribution in [2.24, 2.45) is 5.92 Å². The lowest BCUT2D eigenvalue weighted by molar-refractivity contribution is 0.0950. The Hall–Kier alpha value is -0.550. The van der Waals surface area contributed by atoms with Crippen LogP contribution in [0.4, 0.5) is 0 Å². The standard InChI is InChI=1S/C13H20BrNO2S/c1-3-4-10(5-6-14)8-15-13(16)12-7-11(17-2)9-18-12/h7,9-10H,3-6,8H2,1-2H3,(H,15,16). The highest BCUT2D eigenvalue weighted by atomic mass is 79.9. The summed E-state index contributed by atoms with van der Waals surface area (Å²) in [4.78, 5) is 12.6. The molecule has 0 aliphatic carbocycles. The molecule has 1 atom stereocenters. The summed E-state index contributed by atoms with van der Waals surface area (Å²) in [5.74, 6) is 1.30. The fourth-order valence-corrected chi connectivity index (χ4v) is 3.20. The van der Waals surface area contributed by atoms with Crippen molar-refractivity contribution in [3.63, 3.8) is 0 Å². The average molecular weight is 334 g/mol. The van der Waals surface area contributed by atoms with Gasteiger partial charge in [-0.2, -0.15) is 0 Å². The van der Waals surface area contributed by atoms with Gasteiger partial charge in [0.15, 0.2) is 0 Å². The van der Waals surface area contributed by atoms with Gasteiger partial charge in [-0.3, -0.25) is 4.79 Å². The van der Waals surface area contributed by atoms with E-state index in [1.165, 1.54) is 11.3 Å². The zero-order chi connectivity index (χ0) is 13.4. The van der Waals surface area contributed by atoms with Gasteiger partial charge in [0.2, 0.25) is 0 Å². The third kappa shape index (κ3) is 4.98. The number of thiophene rings is 1. The van der Waals surface area contributed by atoms with E-state index < -0.39 is 0 Å². The maximum atomic E-state index is 11.9. The molecule has 0 bridgehead atoms. The van der Waals surface area contributed by atoms with Gasteiger partial charge in [-0.1, -0.05) is 29.3 Å². The van der Waals surface area contributed by atoms with E-state index in [0.29, 0.717) is 10.8 Å². The van der Waals surface area contributed by atoms with Crippen LogP contribution in [-0.2, 0) is 0 Å². The van der Waals surface area contributed by atoms with Crippen LogP contribution in [0.15, 0.2) is 11.4 Å². The highest BCUT2D eigenvalue weighted by Gasteiger charge is 2.12. The maximum absolute atomic E-state index is 11.9. The van der Waals surface area contributed by atoms with Crippen molar-refractivity contribution in [1.82, 2.24) is 5.32 Å². The van der Waals surface area contributed by atoms with E-state index >= 15 is 0 Å². The van der Waals surface area contributed by atoms with E-state index in [0.717, 1.165) is 36.9 Å². The minimum atomic E-state index is -0.000949. The van der Waals surface area contributed by atoms with E-state index in [4.69, 9.17) is 4.74 Å². The first kappa shape index (κ1) is 15.5. The molecule has 0 spiro atoms. The lowest BCUT2D eigenvalue weighted by Gasteiger charge is -2.15. The number of methoxy groups -OCH3 is 1. The molecule has 1 amide bonds. The van der Waals surface area contributed by atoms with Crippen molar-refractivity contribution < 1.29 is 9.53 Å². The van der Waals surface area contributed by atoms with Gasteiger partial charge in [-0.05, 0) is 18.8 Å². The Balaban J connectivity index is 2.43. The highest BCUT2D eigenvalue weighted by molar-refractivity contribution is 9.09. The topological polar surface area (TPSA) is 38.3 Å². The molecule has 0 saturated heterocycles. The van der Waals surface area contributed by atoms with E-state index in [2.05, 4.69) is 28.2 Å². The van der Waals surface area contributed by atoms with Crippen molar-refractivity contribution in [2.45, 2.75) is 26.2 Å². The molecule has 18 heavy (non-hydrogen) atoms. The summed E-state index contributed by atoms with van der Waals surface area (Å²) in [5.41, 5.74) is 0. The van der Waals surface area contributed by atoms with Crippen LogP contribution >= 0.6 is 27.3 Å². The van der Waals surface area contributed by atoms with Crippen LogP contribution in [0.1, 0.15) is 35.9 Å². The molecule has 1 aromatic heterocycles. The molecule has 0 aliphatic heterocycles. The molecule has 0 aromatic carbocycles. The summed E-state index contributed by atoms with van der Waals surface area (Å²) < 4.78 is 5.07. The fraction of sp³-hybridized carbons (Fsp3) is 0.615. The Bertz CT molecular complexity index is 362. The van der Waals surface area contributed by atoms with Crippen LogP contribution in [0, 0.1) is 5.92 Å². The predicted molar refractivity (Wildman–Crippen MR) is 80.0 cm³/mol. The van der Waals surface area contributed by atoms with Gasteiger partial charge in [0.25, 0.3) is 5.91 Å². The number of nitrogens with one attached hydrogen (secondary N) is 1. The number of ether oxygens (including phenoxy) is 1. The molecule has 102 valence electrons. The van der Waals surface area contributed by atoms with Crippen LogP contribution in [0.2, 0.25) is 0 Å². The van der Waals surface area contributed by atoms with Crippen LogP contribution in [0.5, 0.6) is 5.75 Å². The van der Waals surface area contributed by atoms with Gasteiger partial charge in [0, 0.05) is 23.3 Å². The summed E-state index contributed by atoms with van der Waals surface area (Å²) in [5, 5.41) is 5.83. The predicted octanol–water partition coefficient (Wildman–Crippen LogP) is 3.69. The molecule has 0 saturated carbocycles. The number of hydrogen-bond acceptors (Lipinski definition) is 3. The Morgan fingerprint density at radius 2 is 2.33 bits per heavy atom. The Kier molecular flexibility index (Phi) is 7.35. The van der Waals surface area contributed by atoms with Gasteiger partial charge >= 0.3 is 0 Å². The van der Waals surface area contributed by atoms with Crippen molar-refractivity contribution >= 4 is 33.2 Å². The number of halogens is 1. The van der Waals surface area contributed by atoms with Gasteiger partial charge in [-0.15, -0.1) is 11.3 Å². The first-order chi connectivity index (χ1) is 8.71. The van der Waals surface area contributed by atoms with E-state index in [-0.39, 0.29) is 5.91 Å². The summed E-state index contributed by atoms with van der Waals surface area (Å²) in [7, 11) is 1.61. The Morgan fingerprint density at radius 3 is 2.89 bits per heavy atom. The second-order valence-corrected chi connectivity index (χ2v) is 5.90. The molecule has 0 fully saturated rings. The van der Waals surface area contributed by atoms with Gasteiger partial charge in [-0.25, -0.2) is 0 Å². The molecule has 1 unspecified atom stereocenters. The summed E-state index contributed by atoms with van der Waals surface area (Å²) in [6, 6.07) is 1.78. The Morgan fingerprint density at radius 1 is 1.56 bits per heavy atom. The van der Waals surface area contributed by atoms with Crippen molar-refractivity contribution in [3.8, 4) is 5.75 Å². The number of amides is 1. The molecule has 0 aliphatic rings. The third-order valence-electron chi connectivity index (χ3n) is 2.80. The summed E-state index contributed by atoms with van der Waals surface area (Å²) in [6.07, 6.45) is 3.40. The normalized spacial score (nSPS) is 12.2. The summed E-state index contributed by atoms with van der Waals surface area (Å²) in [6.45, 7) is 2.92. The minimum Gasteiger partial charge on any atom is -0.496 e. The maximum Gasteiger partial charge on any atom is 0.261 e. The SMILES string of the molecule is CCCC(CCBr)CNC(=O)c1cc(OC)cs1. The number of carbonyl (C=O) groups excluding carboxylic acids is 1. The first-order valence-electron chi connectivity index (χ1n) is 6.18. The molecule has 1 aromatic rings. The number of rotatable bonds is 8. The smallest absolute Gasteiger partial charge is 0.261 e. The van der Waals surface area contributed by atoms with E-state index in [9.17, 15) is 4.79 Å². The van der Waals surface area contributed by atoms with Crippen LogP contribution in [-0.4, -0.2) is 24.9 Å². The average Bonchev–Trinajstić information content (AvgIpc) is 2.85. The number of hydrogen-bond donors (Lipinski definition) is 1. The minimum absolute atomic E-state index is 0.000949. The number of carbonyl (C=O) groups is 1. The molecule has 1 N–H and O–H groups in total. The molecule has 1 rings (SSSR count). The van der Waals surface area contributed by atoms with Gasteiger partial charge in [0.1, 0.15) is 5.75 Å². The van der Waals surface area contributed by atoms with E-state index in [1.807, 2.05) is 5.38 Å². The zero-order valence-corrected chi connectivity index (χ0v) is 13.3. The molecular formula is C13H20BrNO2S. The van der Waals surface area contributed by atoms with Gasteiger partial charge in [0.05, 0.1) is 12.0 Å². The Labute approximate surface area is 121 Å². The number of alkyl halides is 1. The van der Waals surface area contributed by atoms with Crippen LogP contribution in [0.25, 0.3) is 0 Å². The van der Waals surface area contributed by atoms with Crippen LogP contribution < -0.4 is 10.1 Å². The second-order valence-electron chi connectivity index (χ2n) is 4.19. The molecule has 0 radical (unpaired) electrons. The molecule has 3 nitrogen and oxygen atoms in total. The van der Waals surface area contributed by atoms with Crippen LogP contribution in [0.3, 0.4) is 0 Å². The molecule has 5 heteroatoms. The monoisotopic (exact) mass is 333 g/mol. The quantitative estimate of drug-likeness (QED) is 0.737. The first-order valence-corrected chi connectivity index (χ1v) is 8.18. The van der Waals surface area contributed by atoms with Gasteiger partial charge < -0.3 is 10.1 Å². The van der Waals surface area contributed by atoms with Crippen molar-refractivity contribution in [2.75, 3.05) is 19.0 Å². The lowest BCUT2D eigenvalue weighted by atomic mass is 10.0. The third-order valence-corrected chi connectivity index (χ3v) is 4.17. The largest absolute Gasteiger partial charge is 0.496 e. The lowest BCUT2D eigenvalue weighted by Crippen LogP contribution is -2.29. The summed E-state index contributed by atoms with van der Waals surface area (Å²) >= 11 is 4.87. The molecule has 1 heterocycles. The highest BCUT2D eigenvalue weighted by Crippen LogP contribution is 2.21.